The van der Waals surface area contributed by atoms with Crippen molar-refractivity contribution in [1.82, 2.24) is 0 Å². The predicted molar refractivity (Wildman–Crippen MR) is 293 cm³/mol. The van der Waals surface area contributed by atoms with Crippen LogP contribution in [0.1, 0.15) is 322 Å². The molecule has 0 saturated carbocycles. The Balaban J connectivity index is -0.0000000985. The molecule has 0 aliphatic rings. The molecular formula is C60H136. The van der Waals surface area contributed by atoms with Crippen LogP contribution in [0.3, 0.4) is 0 Å². The van der Waals surface area contributed by atoms with Gasteiger partial charge in [-0.25, -0.2) is 0 Å². The van der Waals surface area contributed by atoms with Crippen LogP contribution in [0.25, 0.3) is 0 Å². The van der Waals surface area contributed by atoms with Gasteiger partial charge < -0.3 is 0 Å². The van der Waals surface area contributed by atoms with Crippen LogP contribution in [-0.4, -0.2) is 0 Å². The Morgan fingerprint density at radius 1 is 0.233 bits per heavy atom. The highest BCUT2D eigenvalue weighted by Crippen LogP contribution is 2.31. The lowest BCUT2D eigenvalue weighted by Gasteiger charge is -2.25. The molecule has 0 bridgehead atoms. The molecule has 0 aliphatic heterocycles. The van der Waals surface area contributed by atoms with Gasteiger partial charge in [-0.05, 0) is 110 Å². The van der Waals surface area contributed by atoms with Crippen molar-refractivity contribution in [2.24, 2.45) is 71.0 Å². The summed E-state index contributed by atoms with van der Waals surface area (Å²) in [6.07, 6.45) is 29.1. The molecule has 0 rings (SSSR count). The van der Waals surface area contributed by atoms with Gasteiger partial charge >= 0.3 is 0 Å². The van der Waals surface area contributed by atoms with Gasteiger partial charge in [0.25, 0.3) is 0 Å². The van der Waals surface area contributed by atoms with E-state index in [1.54, 1.807) is 0 Å². The minimum atomic E-state index is 0. The summed E-state index contributed by atoms with van der Waals surface area (Å²) in [7, 11) is 0. The van der Waals surface area contributed by atoms with Crippen molar-refractivity contribution >= 4 is 0 Å². The minimum Gasteiger partial charge on any atom is -0.0776 e. The van der Waals surface area contributed by atoms with Gasteiger partial charge in [0.2, 0.25) is 0 Å². The molecule has 0 N–H and O–H groups in total. The average Bonchev–Trinajstić information content (AvgIpc) is 3.12. The highest BCUT2D eigenvalue weighted by molar-refractivity contribution is 4.70. The van der Waals surface area contributed by atoms with Crippen molar-refractivity contribution in [3.8, 4) is 0 Å². The zero-order valence-corrected chi connectivity index (χ0v) is 47.8. The second-order valence-corrected chi connectivity index (χ2v) is 22.0. The lowest BCUT2D eigenvalue weighted by Crippen LogP contribution is -2.12. The first-order valence-electron chi connectivity index (χ1n) is 27.5. The van der Waals surface area contributed by atoms with Crippen LogP contribution >= 0.6 is 0 Å². The Morgan fingerprint density at radius 2 is 0.483 bits per heavy atom. The van der Waals surface area contributed by atoms with Crippen LogP contribution < -0.4 is 0 Å². The molecule has 0 heterocycles. The maximum Gasteiger partial charge on any atom is -0.0409 e. The highest BCUT2D eigenvalue weighted by atomic mass is 14.2. The van der Waals surface area contributed by atoms with Gasteiger partial charge in [0.15, 0.2) is 0 Å². The molecule has 0 aromatic heterocycles. The van der Waals surface area contributed by atoms with Gasteiger partial charge in [0.05, 0.1) is 0 Å². The van der Waals surface area contributed by atoms with Gasteiger partial charge in [-0.1, -0.05) is 284 Å². The molecule has 0 aromatic rings. The van der Waals surface area contributed by atoms with E-state index in [1.807, 2.05) is 0 Å². The Kier molecular flexibility index (Phi) is 78.6. The molecule has 0 aliphatic carbocycles. The quantitative estimate of drug-likeness (QED) is 0.0813. The van der Waals surface area contributed by atoms with Crippen LogP contribution in [0.15, 0.2) is 0 Å². The zero-order valence-electron chi connectivity index (χ0n) is 47.8. The van der Waals surface area contributed by atoms with Crippen molar-refractivity contribution in [2.45, 2.75) is 322 Å². The van der Waals surface area contributed by atoms with Crippen molar-refractivity contribution < 1.29 is 0 Å². The number of hydrogen-bond donors (Lipinski definition) is 0. The van der Waals surface area contributed by atoms with Crippen LogP contribution in [-0.2, 0) is 0 Å². The molecule has 4 unspecified atom stereocenters. The SMILES string of the molecule is C.CC(C)CCC(CC(C)C)CC(C)C.CCC.CCC.CCC.CCC.CCC(C)CC(CCC(C)C)CC(CC)CC.CCCC(C)CC(CCC(C)C)CC(C)C. The molecule has 0 amide bonds. The fraction of sp³-hybridized carbons (Fsp3) is 1.00. The Morgan fingerprint density at radius 3 is 0.700 bits per heavy atom. The molecule has 0 nitrogen and oxygen atoms in total. The topological polar surface area (TPSA) is 0 Å². The van der Waals surface area contributed by atoms with Gasteiger partial charge in [-0.3, -0.25) is 0 Å². The second kappa shape index (κ2) is 61.1. The summed E-state index contributed by atoms with van der Waals surface area (Å²) in [4.78, 5) is 0. The molecule has 376 valence electrons. The summed E-state index contributed by atoms with van der Waals surface area (Å²) in [5, 5.41) is 0. The van der Waals surface area contributed by atoms with Crippen molar-refractivity contribution in [3.63, 3.8) is 0 Å². The summed E-state index contributed by atoms with van der Waals surface area (Å²) in [6.45, 7) is 59.4. The fourth-order valence-corrected chi connectivity index (χ4v) is 7.71. The lowest BCUT2D eigenvalue weighted by molar-refractivity contribution is 0.271. The molecule has 0 heteroatoms. The van der Waals surface area contributed by atoms with E-state index in [0.29, 0.717) is 0 Å². The normalized spacial score (nSPS) is 12.7. The average molecular weight is 858 g/mol. The summed E-state index contributed by atoms with van der Waals surface area (Å²) in [5.41, 5.74) is 0. The largest absolute Gasteiger partial charge is 0.0776 e. The van der Waals surface area contributed by atoms with E-state index in [4.69, 9.17) is 0 Å². The van der Waals surface area contributed by atoms with Crippen molar-refractivity contribution in [3.05, 3.63) is 0 Å². The third-order valence-electron chi connectivity index (χ3n) is 10.6. The summed E-state index contributed by atoms with van der Waals surface area (Å²) in [6, 6.07) is 0. The standard InChI is InChI=1S/C17H36.C16H34.C14H30.4C3H8.CH4/c1-7-15(6)12-17(11-10-14(4)5)13-16(8-2)9-3;1-7-8-15(6)12-16(11-14(4)5)10-9-13(2)3;1-11(2)7-8-14(9-12(3)4)10-13(5)6;4*1-3-2;/h14-17H,7-13H2,1-6H3;13-16H,7-12H2,1-6H3;11-14H,7-10H2,1-6H3;4*3H2,1-2H3;1H4. The molecule has 0 radical (unpaired) electrons. The summed E-state index contributed by atoms with van der Waals surface area (Å²) in [5.74, 6) is 11.0. The monoisotopic (exact) mass is 857 g/mol. The third-order valence-corrected chi connectivity index (χ3v) is 10.6. The van der Waals surface area contributed by atoms with Crippen LogP contribution in [0.2, 0.25) is 0 Å². The van der Waals surface area contributed by atoms with E-state index in [9.17, 15) is 0 Å². The van der Waals surface area contributed by atoms with Gasteiger partial charge in [0.1, 0.15) is 0 Å². The fourth-order valence-electron chi connectivity index (χ4n) is 7.71. The van der Waals surface area contributed by atoms with E-state index in [1.165, 1.54) is 135 Å². The Hall–Kier alpha value is 0. The maximum atomic E-state index is 2.44. The molecule has 0 fully saturated rings. The van der Waals surface area contributed by atoms with Gasteiger partial charge in [-0.2, -0.15) is 0 Å². The highest BCUT2D eigenvalue weighted by Gasteiger charge is 2.18. The van der Waals surface area contributed by atoms with Crippen LogP contribution in [0.5, 0.6) is 0 Å². The minimum absolute atomic E-state index is 0. The first-order valence-corrected chi connectivity index (χ1v) is 27.5. The smallest absolute Gasteiger partial charge is 0.0409 e. The van der Waals surface area contributed by atoms with Gasteiger partial charge in [0, 0.05) is 0 Å². The Labute approximate surface area is 391 Å². The van der Waals surface area contributed by atoms with Crippen molar-refractivity contribution in [1.29, 1.82) is 0 Å². The van der Waals surface area contributed by atoms with E-state index in [-0.39, 0.29) is 7.43 Å². The Bertz CT molecular complexity index is 631. The number of hydrogen-bond acceptors (Lipinski definition) is 0. The van der Waals surface area contributed by atoms with Crippen LogP contribution in [0, 0.1) is 71.0 Å². The third kappa shape index (κ3) is 81.8. The van der Waals surface area contributed by atoms with E-state index in [0.717, 1.165) is 71.0 Å². The molecular weight excluding hydrogens is 721 g/mol. The molecule has 4 atom stereocenters. The predicted octanol–water partition coefficient (Wildman–Crippen LogP) is 23.6. The van der Waals surface area contributed by atoms with E-state index in [2.05, 4.69) is 180 Å². The molecule has 0 aromatic carbocycles. The molecule has 60 heavy (non-hydrogen) atoms. The van der Waals surface area contributed by atoms with E-state index < -0.39 is 0 Å². The zero-order chi connectivity index (χ0) is 47.8. The van der Waals surface area contributed by atoms with Gasteiger partial charge in [-0.15, -0.1) is 0 Å². The lowest BCUT2D eigenvalue weighted by atomic mass is 9.81. The first-order chi connectivity index (χ1) is 27.5. The second-order valence-electron chi connectivity index (χ2n) is 22.0. The summed E-state index contributed by atoms with van der Waals surface area (Å²) >= 11 is 0. The van der Waals surface area contributed by atoms with Crippen molar-refractivity contribution in [2.75, 3.05) is 0 Å². The maximum absolute atomic E-state index is 2.44. The first kappa shape index (κ1) is 77.2. The summed E-state index contributed by atoms with van der Waals surface area (Å²) < 4.78 is 0. The molecule has 0 spiro atoms. The number of rotatable bonds is 26. The molecule has 0 saturated heterocycles. The van der Waals surface area contributed by atoms with E-state index >= 15 is 0 Å². The van der Waals surface area contributed by atoms with Crippen LogP contribution in [0.4, 0.5) is 0 Å².